The molecule has 29 heavy (non-hydrogen) atoms. The van der Waals surface area contributed by atoms with Crippen LogP contribution < -0.4 is 11.1 Å². The molecule has 2 aromatic heterocycles. The van der Waals surface area contributed by atoms with E-state index in [1.54, 1.807) is 24.8 Å². The lowest BCUT2D eigenvalue weighted by molar-refractivity contribution is -0.125. The summed E-state index contributed by atoms with van der Waals surface area (Å²) in [7, 11) is 0. The van der Waals surface area contributed by atoms with Crippen molar-refractivity contribution in [3.05, 3.63) is 108 Å². The summed E-state index contributed by atoms with van der Waals surface area (Å²) in [4.78, 5) is 21.1. The average Bonchev–Trinajstić information content (AvgIpc) is 2.77. The molecule has 4 aromatic rings. The molecule has 4 rings (SSSR count). The monoisotopic (exact) mass is 382 g/mol. The maximum absolute atomic E-state index is 12.9. The quantitative estimate of drug-likeness (QED) is 0.514. The van der Waals surface area contributed by atoms with E-state index in [9.17, 15) is 4.79 Å². The molecule has 0 aliphatic heterocycles. The Morgan fingerprint density at radius 3 is 2.10 bits per heavy atom. The lowest BCUT2D eigenvalue weighted by atomic mass is 9.82. The van der Waals surface area contributed by atoms with E-state index in [0.29, 0.717) is 13.0 Å². The van der Waals surface area contributed by atoms with Gasteiger partial charge in [0.05, 0.1) is 0 Å². The second-order valence-corrected chi connectivity index (χ2v) is 7.07. The number of nitrogens with zero attached hydrogens (tertiary/aromatic N) is 2. The number of fused-ring (bicyclic) bond motifs is 1. The zero-order valence-electron chi connectivity index (χ0n) is 16.0. The minimum atomic E-state index is -1.06. The van der Waals surface area contributed by atoms with Crippen LogP contribution in [0.1, 0.15) is 16.7 Å². The van der Waals surface area contributed by atoms with E-state index in [2.05, 4.69) is 21.4 Å². The molecule has 3 N–H and O–H groups in total. The molecular weight excluding hydrogens is 360 g/mol. The van der Waals surface area contributed by atoms with E-state index in [0.717, 1.165) is 27.5 Å². The Bertz CT molecular complexity index is 1120. The van der Waals surface area contributed by atoms with Crippen molar-refractivity contribution < 1.29 is 4.79 Å². The van der Waals surface area contributed by atoms with Crippen LogP contribution in [0.25, 0.3) is 10.8 Å². The normalized spacial score (nSPS) is 13.1. The number of benzene rings is 2. The van der Waals surface area contributed by atoms with E-state index in [1.807, 2.05) is 60.7 Å². The van der Waals surface area contributed by atoms with Gasteiger partial charge in [0.15, 0.2) is 0 Å². The van der Waals surface area contributed by atoms with Crippen molar-refractivity contribution in [2.24, 2.45) is 5.73 Å². The molecule has 0 spiro atoms. The number of carbonyl (C=O) groups excluding carboxylic acids is 1. The van der Waals surface area contributed by atoms with Crippen LogP contribution in [0.3, 0.4) is 0 Å². The van der Waals surface area contributed by atoms with Gasteiger partial charge in [0, 0.05) is 37.8 Å². The van der Waals surface area contributed by atoms with Crippen LogP contribution in [-0.2, 0) is 23.3 Å². The van der Waals surface area contributed by atoms with Crippen molar-refractivity contribution in [3.8, 4) is 0 Å². The Morgan fingerprint density at radius 2 is 1.45 bits per heavy atom. The van der Waals surface area contributed by atoms with Crippen molar-refractivity contribution in [1.29, 1.82) is 0 Å². The minimum Gasteiger partial charge on any atom is -0.368 e. The van der Waals surface area contributed by atoms with Gasteiger partial charge in [-0.15, -0.1) is 0 Å². The van der Waals surface area contributed by atoms with E-state index in [4.69, 9.17) is 5.73 Å². The molecule has 0 bridgehead atoms. The van der Waals surface area contributed by atoms with Crippen LogP contribution in [0.15, 0.2) is 91.5 Å². The molecular formula is C24H22N4O. The molecule has 1 atom stereocenters. The van der Waals surface area contributed by atoms with Crippen molar-refractivity contribution in [1.82, 2.24) is 15.3 Å². The van der Waals surface area contributed by atoms with E-state index in [1.165, 1.54) is 0 Å². The van der Waals surface area contributed by atoms with Gasteiger partial charge in [0.2, 0.25) is 5.91 Å². The highest BCUT2D eigenvalue weighted by atomic mass is 16.1. The maximum Gasteiger partial charge on any atom is 0.242 e. The van der Waals surface area contributed by atoms with Gasteiger partial charge in [-0.05, 0) is 57.8 Å². The van der Waals surface area contributed by atoms with Gasteiger partial charge in [-0.25, -0.2) is 0 Å². The number of hydrogen-bond donors (Lipinski definition) is 2. The summed E-state index contributed by atoms with van der Waals surface area (Å²) in [5.74, 6) is -0.418. The molecule has 1 unspecified atom stereocenters. The Balaban J connectivity index is 1.79. The lowest BCUT2D eigenvalue weighted by Gasteiger charge is -2.33. The molecule has 2 heterocycles. The zero-order chi connectivity index (χ0) is 20.1. The highest BCUT2D eigenvalue weighted by molar-refractivity contribution is 5.90. The summed E-state index contributed by atoms with van der Waals surface area (Å²) < 4.78 is 0. The van der Waals surface area contributed by atoms with Gasteiger partial charge in [0.1, 0.15) is 5.54 Å². The van der Waals surface area contributed by atoms with E-state index >= 15 is 0 Å². The number of primary amides is 1. The first-order valence-corrected chi connectivity index (χ1v) is 9.49. The van der Waals surface area contributed by atoms with Crippen molar-refractivity contribution in [2.75, 3.05) is 0 Å². The third-order valence-electron chi connectivity index (χ3n) is 5.23. The first-order valence-electron chi connectivity index (χ1n) is 9.49. The summed E-state index contributed by atoms with van der Waals surface area (Å²) >= 11 is 0. The standard InChI is InChI=1S/C24H22N4O/c25-23(29)24(16-18-7-11-26-12-8-18,28-17-19-9-13-27-14-10-19)22-6-5-20-3-1-2-4-21(20)15-22/h1-15,28H,16-17H2,(H2,25,29). The molecule has 0 fully saturated rings. The predicted molar refractivity (Wildman–Crippen MR) is 114 cm³/mol. The Kier molecular flexibility index (Phi) is 5.31. The topological polar surface area (TPSA) is 80.9 Å². The van der Waals surface area contributed by atoms with Crippen LogP contribution in [0.4, 0.5) is 0 Å². The third kappa shape index (κ3) is 4.00. The predicted octanol–water partition coefficient (Wildman–Crippen LogP) is 3.34. The van der Waals surface area contributed by atoms with Crippen molar-refractivity contribution >= 4 is 16.7 Å². The van der Waals surface area contributed by atoms with Crippen LogP contribution in [0.2, 0.25) is 0 Å². The van der Waals surface area contributed by atoms with E-state index in [-0.39, 0.29) is 0 Å². The van der Waals surface area contributed by atoms with Crippen molar-refractivity contribution in [2.45, 2.75) is 18.5 Å². The molecule has 144 valence electrons. The highest BCUT2D eigenvalue weighted by Gasteiger charge is 2.38. The smallest absolute Gasteiger partial charge is 0.242 e. The van der Waals surface area contributed by atoms with E-state index < -0.39 is 11.4 Å². The number of hydrogen-bond acceptors (Lipinski definition) is 4. The summed E-state index contributed by atoms with van der Waals surface area (Å²) in [5.41, 5.74) is 7.82. The van der Waals surface area contributed by atoms with Gasteiger partial charge in [-0.3, -0.25) is 20.1 Å². The fourth-order valence-corrected chi connectivity index (χ4v) is 3.60. The minimum absolute atomic E-state index is 0.418. The van der Waals surface area contributed by atoms with Gasteiger partial charge in [0.25, 0.3) is 0 Å². The number of carbonyl (C=O) groups is 1. The summed E-state index contributed by atoms with van der Waals surface area (Å²) in [6.07, 6.45) is 7.35. The average molecular weight is 382 g/mol. The Morgan fingerprint density at radius 1 is 0.828 bits per heavy atom. The number of nitrogens with one attached hydrogen (secondary N) is 1. The number of aromatic nitrogens is 2. The van der Waals surface area contributed by atoms with Crippen LogP contribution in [-0.4, -0.2) is 15.9 Å². The van der Waals surface area contributed by atoms with Gasteiger partial charge in [-0.1, -0.05) is 36.4 Å². The highest BCUT2D eigenvalue weighted by Crippen LogP contribution is 2.29. The fourth-order valence-electron chi connectivity index (χ4n) is 3.60. The Labute approximate surface area is 169 Å². The second kappa shape index (κ2) is 8.20. The molecule has 0 aliphatic carbocycles. The van der Waals surface area contributed by atoms with Crippen LogP contribution in [0, 0.1) is 0 Å². The molecule has 0 aliphatic rings. The lowest BCUT2D eigenvalue weighted by Crippen LogP contribution is -2.54. The summed E-state index contributed by atoms with van der Waals surface area (Å²) in [6.45, 7) is 0.489. The molecule has 2 aromatic carbocycles. The van der Waals surface area contributed by atoms with Gasteiger partial charge in [-0.2, -0.15) is 0 Å². The van der Waals surface area contributed by atoms with Gasteiger partial charge < -0.3 is 5.73 Å². The Hall–Kier alpha value is -3.57. The number of nitrogens with two attached hydrogens (primary N) is 1. The molecule has 0 saturated carbocycles. The van der Waals surface area contributed by atoms with Gasteiger partial charge >= 0.3 is 0 Å². The zero-order valence-corrected chi connectivity index (χ0v) is 16.0. The summed E-state index contributed by atoms with van der Waals surface area (Å²) in [6, 6.07) is 21.8. The third-order valence-corrected chi connectivity index (χ3v) is 5.23. The molecule has 1 amide bonds. The van der Waals surface area contributed by atoms with Crippen LogP contribution in [0.5, 0.6) is 0 Å². The first-order chi connectivity index (χ1) is 14.2. The second-order valence-electron chi connectivity index (χ2n) is 7.07. The van der Waals surface area contributed by atoms with Crippen LogP contribution >= 0.6 is 0 Å². The largest absolute Gasteiger partial charge is 0.368 e. The molecule has 0 saturated heterocycles. The molecule has 5 nitrogen and oxygen atoms in total. The number of amides is 1. The summed E-state index contributed by atoms with van der Waals surface area (Å²) in [5, 5.41) is 5.64. The number of pyridine rings is 2. The maximum atomic E-state index is 12.9. The fraction of sp³-hybridized carbons (Fsp3) is 0.125. The molecule has 0 radical (unpaired) electrons. The molecule has 5 heteroatoms. The first kappa shape index (κ1) is 18.8. The van der Waals surface area contributed by atoms with Crippen molar-refractivity contribution in [3.63, 3.8) is 0 Å². The number of rotatable bonds is 7. The SMILES string of the molecule is NC(=O)C(Cc1ccncc1)(NCc1ccncc1)c1ccc2ccccc2c1.